The summed E-state index contributed by atoms with van der Waals surface area (Å²) < 4.78 is 23.6. The first-order valence-corrected chi connectivity index (χ1v) is 9.97. The molecule has 1 atom stereocenters. The maximum Gasteiger partial charge on any atom is 0.313 e. The molecule has 0 amide bonds. The van der Waals surface area contributed by atoms with Gasteiger partial charge < -0.3 is 18.9 Å². The van der Waals surface area contributed by atoms with Crippen molar-refractivity contribution < 1.29 is 18.9 Å². The van der Waals surface area contributed by atoms with Crippen LogP contribution in [-0.4, -0.2) is 39.5 Å². The number of benzene rings is 1. The summed E-state index contributed by atoms with van der Waals surface area (Å²) in [4.78, 5) is 0. The maximum atomic E-state index is 6.32. The number of methoxy groups -OCH3 is 3. The fourth-order valence-corrected chi connectivity index (χ4v) is 3.76. The molecule has 0 saturated heterocycles. The van der Waals surface area contributed by atoms with E-state index in [2.05, 4.69) is 19.1 Å². The van der Waals surface area contributed by atoms with Crippen molar-refractivity contribution in [3.05, 3.63) is 35.9 Å². The Balaban J connectivity index is 3.02. The van der Waals surface area contributed by atoms with Crippen LogP contribution in [-0.2, 0) is 25.4 Å². The van der Waals surface area contributed by atoms with Crippen molar-refractivity contribution >= 4 is 0 Å². The summed E-state index contributed by atoms with van der Waals surface area (Å²) in [7, 11) is 4.85. The number of ether oxygens (including phenoxy) is 4. The van der Waals surface area contributed by atoms with Crippen molar-refractivity contribution in [1.29, 1.82) is 0 Å². The van der Waals surface area contributed by atoms with Crippen molar-refractivity contribution in [3.63, 3.8) is 0 Å². The van der Waals surface area contributed by atoms with Crippen LogP contribution >= 0.6 is 0 Å². The van der Waals surface area contributed by atoms with Crippen LogP contribution in [0.2, 0.25) is 0 Å². The summed E-state index contributed by atoms with van der Waals surface area (Å²) in [5, 5.41) is 0. The van der Waals surface area contributed by atoms with Gasteiger partial charge in [-0.2, -0.15) is 0 Å². The first-order valence-electron chi connectivity index (χ1n) is 9.97. The van der Waals surface area contributed by atoms with Crippen LogP contribution in [0.15, 0.2) is 30.3 Å². The molecular weight excluding hydrogens is 328 g/mol. The summed E-state index contributed by atoms with van der Waals surface area (Å²) in [6.07, 6.45) is 8.83. The van der Waals surface area contributed by atoms with Crippen molar-refractivity contribution in [2.24, 2.45) is 0 Å². The van der Waals surface area contributed by atoms with Crippen LogP contribution in [0, 0.1) is 0 Å². The second-order valence-electron chi connectivity index (χ2n) is 6.78. The molecule has 0 bridgehead atoms. The fourth-order valence-electron chi connectivity index (χ4n) is 3.76. The van der Waals surface area contributed by atoms with Crippen LogP contribution in [0.1, 0.15) is 64.4 Å². The van der Waals surface area contributed by atoms with Crippen molar-refractivity contribution in [2.45, 2.75) is 76.8 Å². The zero-order chi connectivity index (χ0) is 19.3. The Bertz CT molecular complexity index is 450. The smallest absolute Gasteiger partial charge is 0.313 e. The summed E-state index contributed by atoms with van der Waals surface area (Å²) in [6.45, 7) is 4.82. The van der Waals surface area contributed by atoms with E-state index in [-0.39, 0.29) is 0 Å². The van der Waals surface area contributed by atoms with E-state index >= 15 is 0 Å². The number of hydrogen-bond acceptors (Lipinski definition) is 4. The average molecular weight is 367 g/mol. The second-order valence-corrected chi connectivity index (χ2v) is 6.78. The summed E-state index contributed by atoms with van der Waals surface area (Å²) in [5.41, 5.74) is 0.481. The molecule has 150 valence electrons. The molecule has 1 aromatic carbocycles. The average Bonchev–Trinajstić information content (AvgIpc) is 2.67. The lowest BCUT2D eigenvalue weighted by Gasteiger charge is -2.46. The summed E-state index contributed by atoms with van der Waals surface area (Å²) >= 11 is 0. The molecule has 0 fully saturated rings. The molecule has 0 N–H and O–H groups in total. The third-order valence-corrected chi connectivity index (χ3v) is 5.05. The summed E-state index contributed by atoms with van der Waals surface area (Å²) in [6, 6.07) is 10.3. The minimum absolute atomic E-state index is 0.570. The Morgan fingerprint density at radius 2 is 1.35 bits per heavy atom. The fraction of sp³-hybridized carbons (Fsp3) is 0.727. The zero-order valence-electron chi connectivity index (χ0n) is 17.4. The van der Waals surface area contributed by atoms with E-state index in [0.717, 1.165) is 12.8 Å². The molecule has 0 aliphatic carbocycles. The van der Waals surface area contributed by atoms with Gasteiger partial charge in [-0.1, -0.05) is 75.8 Å². The van der Waals surface area contributed by atoms with E-state index in [4.69, 9.17) is 18.9 Å². The molecule has 4 heteroatoms. The number of unbranched alkanes of at least 4 members (excludes halogenated alkanes) is 5. The molecule has 1 aromatic rings. The van der Waals surface area contributed by atoms with Crippen LogP contribution in [0.4, 0.5) is 0 Å². The molecule has 1 rings (SSSR count). The Kier molecular flexibility index (Phi) is 11.1. The van der Waals surface area contributed by atoms with Gasteiger partial charge >= 0.3 is 5.97 Å². The van der Waals surface area contributed by atoms with Gasteiger partial charge in [0.25, 0.3) is 0 Å². The highest BCUT2D eigenvalue weighted by molar-refractivity contribution is 5.18. The van der Waals surface area contributed by atoms with Gasteiger partial charge in [0.15, 0.2) is 5.60 Å². The molecule has 1 unspecified atom stereocenters. The quantitative estimate of drug-likeness (QED) is 0.310. The molecular formula is C22H38O4. The molecule has 0 saturated carbocycles. The Hall–Kier alpha value is -0.940. The number of rotatable bonds is 15. The number of hydrogen-bond donors (Lipinski definition) is 0. The van der Waals surface area contributed by atoms with E-state index < -0.39 is 11.6 Å². The van der Waals surface area contributed by atoms with Gasteiger partial charge in [-0.05, 0) is 18.9 Å². The SMILES string of the molecule is CCCCCCCCC(Cc1ccccc1)(OCC)C(OC)(OC)OC. The van der Waals surface area contributed by atoms with Gasteiger partial charge in [-0.3, -0.25) is 0 Å². The predicted octanol–water partition coefficient (Wildman–Crippen LogP) is 5.35. The molecule has 0 spiro atoms. The Labute approximate surface area is 160 Å². The molecule has 0 aromatic heterocycles. The van der Waals surface area contributed by atoms with E-state index in [1.54, 1.807) is 21.3 Å². The van der Waals surface area contributed by atoms with E-state index in [1.807, 2.05) is 25.1 Å². The Morgan fingerprint density at radius 3 is 1.88 bits per heavy atom. The van der Waals surface area contributed by atoms with Crippen molar-refractivity contribution in [1.82, 2.24) is 0 Å². The lowest BCUT2D eigenvalue weighted by Crippen LogP contribution is -2.61. The summed E-state index contributed by atoms with van der Waals surface area (Å²) in [5.74, 6) is -1.23. The van der Waals surface area contributed by atoms with Gasteiger partial charge in [0, 0.05) is 34.4 Å². The van der Waals surface area contributed by atoms with Crippen molar-refractivity contribution in [3.8, 4) is 0 Å². The van der Waals surface area contributed by atoms with Gasteiger partial charge in [0.05, 0.1) is 0 Å². The largest absolute Gasteiger partial charge is 0.366 e. The molecule has 0 heterocycles. The standard InChI is InChI=1S/C22H38O4/c1-6-8-9-10-11-15-18-21(26-7-2,22(23-3,24-4)25-5)19-20-16-13-12-14-17-20/h12-14,16-17H,6-11,15,18-19H2,1-5H3. The van der Waals surface area contributed by atoms with Crippen LogP contribution in [0.25, 0.3) is 0 Å². The predicted molar refractivity (Wildman–Crippen MR) is 106 cm³/mol. The zero-order valence-corrected chi connectivity index (χ0v) is 17.4. The molecule has 0 aliphatic rings. The van der Waals surface area contributed by atoms with E-state index in [1.165, 1.54) is 37.7 Å². The lowest BCUT2D eigenvalue weighted by atomic mass is 9.85. The Morgan fingerprint density at radius 1 is 0.769 bits per heavy atom. The van der Waals surface area contributed by atoms with Crippen LogP contribution < -0.4 is 0 Å². The highest BCUT2D eigenvalue weighted by atomic mass is 16.9. The highest BCUT2D eigenvalue weighted by Crippen LogP contribution is 2.39. The third kappa shape index (κ3) is 6.05. The molecule has 26 heavy (non-hydrogen) atoms. The van der Waals surface area contributed by atoms with Crippen molar-refractivity contribution in [2.75, 3.05) is 27.9 Å². The lowest BCUT2D eigenvalue weighted by molar-refractivity contribution is -0.427. The van der Waals surface area contributed by atoms with E-state index in [0.29, 0.717) is 13.0 Å². The third-order valence-electron chi connectivity index (χ3n) is 5.05. The van der Waals surface area contributed by atoms with Gasteiger partial charge in [0.2, 0.25) is 0 Å². The van der Waals surface area contributed by atoms with Gasteiger partial charge in [-0.15, -0.1) is 0 Å². The maximum absolute atomic E-state index is 6.32. The first kappa shape index (κ1) is 23.1. The minimum Gasteiger partial charge on any atom is -0.366 e. The van der Waals surface area contributed by atoms with Gasteiger partial charge in [0.1, 0.15) is 0 Å². The minimum atomic E-state index is -1.23. The molecule has 0 radical (unpaired) electrons. The first-order chi connectivity index (χ1) is 12.6. The highest BCUT2D eigenvalue weighted by Gasteiger charge is 2.54. The van der Waals surface area contributed by atoms with Crippen LogP contribution in [0.3, 0.4) is 0 Å². The topological polar surface area (TPSA) is 36.9 Å². The molecule has 0 aliphatic heterocycles. The second kappa shape index (κ2) is 12.4. The normalized spacial score (nSPS) is 14.3. The monoisotopic (exact) mass is 366 g/mol. The van der Waals surface area contributed by atoms with Crippen LogP contribution in [0.5, 0.6) is 0 Å². The molecule has 4 nitrogen and oxygen atoms in total. The van der Waals surface area contributed by atoms with E-state index in [9.17, 15) is 0 Å². The van der Waals surface area contributed by atoms with Gasteiger partial charge in [-0.25, -0.2) is 0 Å².